The number of carbonyl (C=O) groups is 1. The summed E-state index contributed by atoms with van der Waals surface area (Å²) in [7, 11) is -0.715. The first-order valence-corrected chi connectivity index (χ1v) is 9.28. The van der Waals surface area contributed by atoms with Crippen LogP contribution in [0.1, 0.15) is 5.56 Å². The number of halogens is 1. The number of nitrogens with zero attached hydrogens (tertiary/aromatic N) is 3. The molecule has 0 aliphatic carbocycles. The molecule has 0 fully saturated rings. The number of carbonyl (C=O) groups excluding carboxylic acids is 1. The summed E-state index contributed by atoms with van der Waals surface area (Å²) >= 11 is 6.74. The van der Waals surface area contributed by atoms with Crippen LogP contribution in [0.4, 0.5) is 0 Å². The second kappa shape index (κ2) is 7.39. The largest absolute Gasteiger partial charge is 0.340 e. The smallest absolute Gasteiger partial charge is 0.252 e. The van der Waals surface area contributed by atoms with Crippen molar-refractivity contribution in [3.63, 3.8) is 0 Å². The second-order valence-electron chi connectivity index (χ2n) is 4.93. The number of sulfonamides is 1. The molecule has 23 heavy (non-hydrogen) atoms. The Hall–Kier alpha value is -1.48. The summed E-state index contributed by atoms with van der Waals surface area (Å²) in [6, 6.07) is 6.58. The minimum atomic E-state index is -3.71. The van der Waals surface area contributed by atoms with Gasteiger partial charge in [-0.25, -0.2) is 8.42 Å². The Labute approximate surface area is 144 Å². The SMILES string of the molecule is CN(Cc1cccnc1)C(=O)CN(C)S(=O)(=O)c1ccc(Cl)s1. The van der Waals surface area contributed by atoms with E-state index in [2.05, 4.69) is 4.98 Å². The van der Waals surface area contributed by atoms with E-state index < -0.39 is 10.0 Å². The van der Waals surface area contributed by atoms with Gasteiger partial charge in [-0.15, -0.1) is 11.3 Å². The van der Waals surface area contributed by atoms with Gasteiger partial charge in [-0.05, 0) is 23.8 Å². The summed E-state index contributed by atoms with van der Waals surface area (Å²) < 4.78 is 26.2. The van der Waals surface area contributed by atoms with Crippen LogP contribution in [-0.2, 0) is 21.4 Å². The molecule has 2 aromatic heterocycles. The van der Waals surface area contributed by atoms with Crippen LogP contribution in [0, 0.1) is 0 Å². The number of rotatable bonds is 6. The molecule has 0 aliphatic rings. The maximum absolute atomic E-state index is 12.4. The number of pyridine rings is 1. The first-order chi connectivity index (χ1) is 10.8. The van der Waals surface area contributed by atoms with Crippen molar-refractivity contribution in [2.24, 2.45) is 0 Å². The van der Waals surface area contributed by atoms with Gasteiger partial charge in [-0.1, -0.05) is 17.7 Å². The molecular formula is C14H16ClN3O3S2. The van der Waals surface area contributed by atoms with Gasteiger partial charge in [0.05, 0.1) is 10.9 Å². The minimum absolute atomic E-state index is 0.118. The number of aromatic nitrogens is 1. The average molecular weight is 374 g/mol. The number of likely N-dealkylation sites (N-methyl/N-ethyl adjacent to an activating group) is 2. The Bertz CT molecular complexity index is 778. The van der Waals surface area contributed by atoms with Gasteiger partial charge in [0.25, 0.3) is 10.0 Å². The van der Waals surface area contributed by atoms with Gasteiger partial charge in [0.15, 0.2) is 0 Å². The Morgan fingerprint density at radius 1 is 1.30 bits per heavy atom. The lowest BCUT2D eigenvalue weighted by atomic mass is 10.3. The van der Waals surface area contributed by atoms with Crippen LogP contribution in [0.2, 0.25) is 4.34 Å². The molecule has 0 atom stereocenters. The highest BCUT2D eigenvalue weighted by Gasteiger charge is 2.25. The van der Waals surface area contributed by atoms with Crippen LogP contribution in [0.5, 0.6) is 0 Å². The van der Waals surface area contributed by atoms with Crippen molar-refractivity contribution >= 4 is 38.9 Å². The molecule has 2 aromatic rings. The monoisotopic (exact) mass is 373 g/mol. The molecule has 2 heterocycles. The lowest BCUT2D eigenvalue weighted by Gasteiger charge is -2.21. The number of hydrogen-bond acceptors (Lipinski definition) is 5. The molecule has 6 nitrogen and oxygen atoms in total. The zero-order valence-corrected chi connectivity index (χ0v) is 15.0. The number of hydrogen-bond donors (Lipinski definition) is 0. The zero-order chi connectivity index (χ0) is 17.0. The van der Waals surface area contributed by atoms with Gasteiger partial charge in [0.2, 0.25) is 5.91 Å². The van der Waals surface area contributed by atoms with Crippen molar-refractivity contribution < 1.29 is 13.2 Å². The third kappa shape index (κ3) is 4.51. The van der Waals surface area contributed by atoms with E-state index in [1.54, 1.807) is 25.5 Å². The fourth-order valence-electron chi connectivity index (χ4n) is 1.84. The van der Waals surface area contributed by atoms with Crippen molar-refractivity contribution in [1.82, 2.24) is 14.2 Å². The predicted octanol–water partition coefficient (Wildman–Crippen LogP) is 2.08. The molecule has 0 unspecified atom stereocenters. The second-order valence-corrected chi connectivity index (χ2v) is 8.92. The van der Waals surface area contributed by atoms with E-state index in [0.717, 1.165) is 21.2 Å². The molecule has 1 amide bonds. The minimum Gasteiger partial charge on any atom is -0.340 e. The summed E-state index contributed by atoms with van der Waals surface area (Å²) in [5.41, 5.74) is 0.874. The van der Waals surface area contributed by atoms with Crippen molar-refractivity contribution in [2.75, 3.05) is 20.6 Å². The fraction of sp³-hybridized carbons (Fsp3) is 0.286. The molecule has 0 N–H and O–H groups in total. The predicted molar refractivity (Wildman–Crippen MR) is 89.9 cm³/mol. The Kier molecular flexibility index (Phi) is 5.74. The van der Waals surface area contributed by atoms with Gasteiger partial charge < -0.3 is 4.90 Å². The normalized spacial score (nSPS) is 11.7. The third-order valence-corrected chi connectivity index (χ3v) is 6.64. The molecule has 2 rings (SSSR count). The van der Waals surface area contributed by atoms with E-state index in [9.17, 15) is 13.2 Å². The van der Waals surface area contributed by atoms with Crippen molar-refractivity contribution in [1.29, 1.82) is 0 Å². The zero-order valence-electron chi connectivity index (χ0n) is 12.6. The van der Waals surface area contributed by atoms with Gasteiger partial charge in [-0.2, -0.15) is 4.31 Å². The van der Waals surface area contributed by atoms with Crippen LogP contribution in [0.3, 0.4) is 0 Å². The van der Waals surface area contributed by atoms with Crippen LogP contribution in [0.15, 0.2) is 40.9 Å². The lowest BCUT2D eigenvalue weighted by Crippen LogP contribution is -2.38. The van der Waals surface area contributed by atoms with E-state index in [4.69, 9.17) is 11.6 Å². The molecule has 124 valence electrons. The standard InChI is InChI=1S/C14H16ClN3O3S2/c1-17(9-11-4-3-7-16-8-11)13(19)10-18(2)23(20,21)14-6-5-12(15)22-14/h3-8H,9-10H2,1-2H3. The quantitative estimate of drug-likeness (QED) is 0.777. The summed E-state index contributed by atoms with van der Waals surface area (Å²) in [6.07, 6.45) is 3.32. The van der Waals surface area contributed by atoms with Crippen LogP contribution >= 0.6 is 22.9 Å². The third-order valence-electron chi connectivity index (χ3n) is 3.14. The Morgan fingerprint density at radius 2 is 2.04 bits per heavy atom. The van der Waals surface area contributed by atoms with Crippen LogP contribution < -0.4 is 0 Å². The summed E-state index contributed by atoms with van der Waals surface area (Å²) in [5, 5.41) is 0. The fourth-order valence-corrected chi connectivity index (χ4v) is 4.65. The van der Waals surface area contributed by atoms with E-state index in [0.29, 0.717) is 10.9 Å². The van der Waals surface area contributed by atoms with Crippen molar-refractivity contribution in [3.8, 4) is 0 Å². The molecular weight excluding hydrogens is 358 g/mol. The number of thiophene rings is 1. The van der Waals surface area contributed by atoms with Gasteiger partial charge in [0.1, 0.15) is 4.21 Å². The molecule has 0 spiro atoms. The van der Waals surface area contributed by atoms with Gasteiger partial charge in [0, 0.05) is 33.0 Å². The van der Waals surface area contributed by atoms with Crippen molar-refractivity contribution in [3.05, 3.63) is 46.6 Å². The first kappa shape index (κ1) is 17.9. The van der Waals surface area contributed by atoms with Gasteiger partial charge >= 0.3 is 0 Å². The highest BCUT2D eigenvalue weighted by molar-refractivity contribution is 7.91. The Morgan fingerprint density at radius 3 is 2.61 bits per heavy atom. The van der Waals surface area contributed by atoms with Crippen LogP contribution in [-0.4, -0.2) is 49.2 Å². The molecule has 9 heteroatoms. The highest BCUT2D eigenvalue weighted by Crippen LogP contribution is 2.27. The molecule has 0 saturated heterocycles. The van der Waals surface area contributed by atoms with E-state index in [1.807, 2.05) is 6.07 Å². The summed E-state index contributed by atoms with van der Waals surface area (Å²) in [5.74, 6) is -0.303. The lowest BCUT2D eigenvalue weighted by molar-refractivity contribution is -0.130. The first-order valence-electron chi connectivity index (χ1n) is 6.65. The van der Waals surface area contributed by atoms with Crippen LogP contribution in [0.25, 0.3) is 0 Å². The van der Waals surface area contributed by atoms with Crippen molar-refractivity contribution in [2.45, 2.75) is 10.8 Å². The number of amides is 1. The maximum Gasteiger partial charge on any atom is 0.252 e. The van der Waals surface area contributed by atoms with E-state index in [1.165, 1.54) is 24.1 Å². The summed E-state index contributed by atoms with van der Waals surface area (Å²) in [6.45, 7) is 0.125. The molecule has 0 saturated carbocycles. The summed E-state index contributed by atoms with van der Waals surface area (Å²) in [4.78, 5) is 17.7. The van der Waals surface area contributed by atoms with E-state index in [-0.39, 0.29) is 16.7 Å². The molecule has 0 aromatic carbocycles. The molecule has 0 radical (unpaired) electrons. The highest BCUT2D eigenvalue weighted by atomic mass is 35.5. The topological polar surface area (TPSA) is 70.6 Å². The Balaban J connectivity index is 2.01. The average Bonchev–Trinajstić information content (AvgIpc) is 2.95. The molecule has 0 bridgehead atoms. The van der Waals surface area contributed by atoms with E-state index >= 15 is 0 Å². The van der Waals surface area contributed by atoms with Gasteiger partial charge in [-0.3, -0.25) is 9.78 Å². The molecule has 0 aliphatic heterocycles. The maximum atomic E-state index is 12.4.